The van der Waals surface area contributed by atoms with E-state index in [1.807, 2.05) is 11.3 Å². The largest absolute Gasteiger partial charge is 0.315 e. The highest BCUT2D eigenvalue weighted by atomic mass is 32.1. The summed E-state index contributed by atoms with van der Waals surface area (Å²) in [6.07, 6.45) is 1.24. The summed E-state index contributed by atoms with van der Waals surface area (Å²) in [6, 6.07) is 2.97. The van der Waals surface area contributed by atoms with Crippen LogP contribution in [-0.2, 0) is 13.0 Å². The van der Waals surface area contributed by atoms with Gasteiger partial charge in [-0.1, -0.05) is 27.7 Å². The molecule has 0 bridgehead atoms. The molecule has 0 aromatic carbocycles. The Hall–Kier alpha value is -0.380. The second-order valence-electron chi connectivity index (χ2n) is 6.45. The van der Waals surface area contributed by atoms with Gasteiger partial charge in [0, 0.05) is 30.6 Å². The van der Waals surface area contributed by atoms with Crippen LogP contribution < -0.4 is 5.32 Å². The van der Waals surface area contributed by atoms with Crippen molar-refractivity contribution in [1.29, 1.82) is 0 Å². The van der Waals surface area contributed by atoms with E-state index >= 15 is 0 Å². The van der Waals surface area contributed by atoms with E-state index in [9.17, 15) is 0 Å². The SMILES string of the molecule is CC(C)CNCC(C(C)C)N1CCc2sccc2C1. The van der Waals surface area contributed by atoms with Crippen molar-refractivity contribution < 1.29 is 0 Å². The minimum absolute atomic E-state index is 0.659. The molecule has 2 nitrogen and oxygen atoms in total. The van der Waals surface area contributed by atoms with E-state index in [1.165, 1.54) is 13.0 Å². The lowest BCUT2D eigenvalue weighted by molar-refractivity contribution is 0.136. The van der Waals surface area contributed by atoms with Crippen LogP contribution in [0.1, 0.15) is 38.1 Å². The Morgan fingerprint density at radius 2 is 2.05 bits per heavy atom. The monoisotopic (exact) mass is 280 g/mol. The molecule has 0 saturated heterocycles. The van der Waals surface area contributed by atoms with Crippen LogP contribution in [-0.4, -0.2) is 30.6 Å². The molecule has 2 rings (SSSR count). The van der Waals surface area contributed by atoms with Gasteiger partial charge in [-0.3, -0.25) is 4.90 Å². The molecule has 1 atom stereocenters. The van der Waals surface area contributed by atoms with Crippen molar-refractivity contribution in [3.63, 3.8) is 0 Å². The smallest absolute Gasteiger partial charge is 0.0248 e. The highest BCUT2D eigenvalue weighted by molar-refractivity contribution is 7.10. The van der Waals surface area contributed by atoms with Gasteiger partial charge in [0.05, 0.1) is 0 Å². The van der Waals surface area contributed by atoms with Crippen molar-refractivity contribution >= 4 is 11.3 Å². The van der Waals surface area contributed by atoms with E-state index in [2.05, 4.69) is 49.4 Å². The number of fused-ring (bicyclic) bond motifs is 1. The second-order valence-corrected chi connectivity index (χ2v) is 7.45. The fourth-order valence-corrected chi connectivity index (χ4v) is 3.75. The Labute approximate surface area is 122 Å². The van der Waals surface area contributed by atoms with Crippen molar-refractivity contribution in [3.05, 3.63) is 21.9 Å². The Morgan fingerprint density at radius 3 is 2.74 bits per heavy atom. The first-order valence-electron chi connectivity index (χ1n) is 7.58. The topological polar surface area (TPSA) is 15.3 Å². The molecule has 1 aromatic rings. The highest BCUT2D eigenvalue weighted by Gasteiger charge is 2.25. The van der Waals surface area contributed by atoms with E-state index in [-0.39, 0.29) is 0 Å². The molecule has 0 fully saturated rings. The average molecular weight is 280 g/mol. The summed E-state index contributed by atoms with van der Waals surface area (Å²) in [4.78, 5) is 4.28. The molecule has 1 aliphatic rings. The first-order chi connectivity index (χ1) is 9.08. The first kappa shape index (κ1) is 15.0. The van der Waals surface area contributed by atoms with Gasteiger partial charge in [-0.15, -0.1) is 11.3 Å². The fourth-order valence-electron chi connectivity index (χ4n) is 2.86. The zero-order chi connectivity index (χ0) is 13.8. The predicted octanol–water partition coefficient (Wildman–Crippen LogP) is 3.38. The quantitative estimate of drug-likeness (QED) is 0.859. The van der Waals surface area contributed by atoms with E-state index < -0.39 is 0 Å². The van der Waals surface area contributed by atoms with E-state index in [4.69, 9.17) is 0 Å². The maximum atomic E-state index is 3.64. The Balaban J connectivity index is 1.93. The minimum Gasteiger partial charge on any atom is -0.315 e. The number of rotatable bonds is 6. The number of nitrogens with one attached hydrogen (secondary N) is 1. The zero-order valence-electron chi connectivity index (χ0n) is 12.8. The Kier molecular flexibility index (Phi) is 5.43. The molecule has 1 unspecified atom stereocenters. The van der Waals surface area contributed by atoms with Gasteiger partial charge in [0.2, 0.25) is 0 Å². The molecular formula is C16H28N2S. The molecule has 0 spiro atoms. The molecule has 1 N–H and O–H groups in total. The summed E-state index contributed by atoms with van der Waals surface area (Å²) < 4.78 is 0. The van der Waals surface area contributed by atoms with Gasteiger partial charge in [-0.25, -0.2) is 0 Å². The third-order valence-corrected chi connectivity index (χ3v) is 5.00. The van der Waals surface area contributed by atoms with Crippen LogP contribution in [0, 0.1) is 11.8 Å². The lowest BCUT2D eigenvalue weighted by Gasteiger charge is -2.37. The third-order valence-electron chi connectivity index (χ3n) is 3.98. The van der Waals surface area contributed by atoms with Crippen molar-refractivity contribution in [2.45, 2.75) is 46.7 Å². The summed E-state index contributed by atoms with van der Waals surface area (Å²) in [7, 11) is 0. The summed E-state index contributed by atoms with van der Waals surface area (Å²) >= 11 is 1.93. The third kappa shape index (κ3) is 4.04. The van der Waals surface area contributed by atoms with Gasteiger partial charge in [-0.05, 0) is 41.8 Å². The molecule has 2 heterocycles. The molecule has 1 aliphatic heterocycles. The van der Waals surface area contributed by atoms with E-state index in [0.29, 0.717) is 12.0 Å². The zero-order valence-corrected chi connectivity index (χ0v) is 13.6. The van der Waals surface area contributed by atoms with Crippen LogP contribution >= 0.6 is 11.3 Å². The lowest BCUT2D eigenvalue weighted by atomic mass is 9.98. The normalized spacial score (nSPS) is 18.0. The van der Waals surface area contributed by atoms with E-state index in [1.54, 1.807) is 10.4 Å². The molecule has 0 radical (unpaired) electrons. The summed E-state index contributed by atoms with van der Waals surface area (Å²) in [6.45, 7) is 13.9. The summed E-state index contributed by atoms with van der Waals surface area (Å²) in [5.41, 5.74) is 1.56. The molecule has 1 aromatic heterocycles. The van der Waals surface area contributed by atoms with Gasteiger partial charge in [0.15, 0.2) is 0 Å². The molecule has 108 valence electrons. The van der Waals surface area contributed by atoms with Gasteiger partial charge in [0.1, 0.15) is 0 Å². The van der Waals surface area contributed by atoms with E-state index in [0.717, 1.165) is 25.6 Å². The van der Waals surface area contributed by atoms with Crippen molar-refractivity contribution in [2.75, 3.05) is 19.6 Å². The molecule has 0 amide bonds. The average Bonchev–Trinajstić information content (AvgIpc) is 2.80. The molecule has 19 heavy (non-hydrogen) atoms. The summed E-state index contributed by atoms with van der Waals surface area (Å²) in [5.74, 6) is 1.44. The van der Waals surface area contributed by atoms with Crippen molar-refractivity contribution in [2.24, 2.45) is 11.8 Å². The second kappa shape index (κ2) is 6.87. The fraction of sp³-hybridized carbons (Fsp3) is 0.750. The maximum Gasteiger partial charge on any atom is 0.0248 e. The molecule has 0 saturated carbocycles. The standard InChI is InChI=1S/C16H28N2S/c1-12(2)9-17-10-15(13(3)4)18-7-5-16-14(11-18)6-8-19-16/h6,8,12-13,15,17H,5,7,9-11H2,1-4H3. The number of thiophene rings is 1. The van der Waals surface area contributed by atoms with Gasteiger partial charge in [0.25, 0.3) is 0 Å². The van der Waals surface area contributed by atoms with Crippen LogP contribution in [0.15, 0.2) is 11.4 Å². The van der Waals surface area contributed by atoms with Gasteiger partial charge in [-0.2, -0.15) is 0 Å². The van der Waals surface area contributed by atoms with Gasteiger partial charge >= 0.3 is 0 Å². The van der Waals surface area contributed by atoms with Gasteiger partial charge < -0.3 is 5.32 Å². The maximum absolute atomic E-state index is 3.64. The van der Waals surface area contributed by atoms with Crippen LogP contribution in [0.2, 0.25) is 0 Å². The number of hydrogen-bond acceptors (Lipinski definition) is 3. The van der Waals surface area contributed by atoms with Crippen LogP contribution in [0.3, 0.4) is 0 Å². The Bertz CT molecular complexity index is 384. The lowest BCUT2D eigenvalue weighted by Crippen LogP contribution is -2.47. The highest BCUT2D eigenvalue weighted by Crippen LogP contribution is 2.26. The first-order valence-corrected chi connectivity index (χ1v) is 8.46. The molecular weight excluding hydrogens is 252 g/mol. The van der Waals surface area contributed by atoms with Crippen molar-refractivity contribution in [1.82, 2.24) is 10.2 Å². The minimum atomic E-state index is 0.659. The van der Waals surface area contributed by atoms with Crippen LogP contribution in [0.25, 0.3) is 0 Å². The van der Waals surface area contributed by atoms with Crippen molar-refractivity contribution in [3.8, 4) is 0 Å². The molecule has 0 aliphatic carbocycles. The molecule has 3 heteroatoms. The van der Waals surface area contributed by atoms with Crippen LogP contribution in [0.5, 0.6) is 0 Å². The summed E-state index contributed by atoms with van der Waals surface area (Å²) in [5, 5.41) is 5.89. The number of hydrogen-bond donors (Lipinski definition) is 1. The predicted molar refractivity (Wildman–Crippen MR) is 84.8 cm³/mol. The number of nitrogens with zero attached hydrogens (tertiary/aromatic N) is 1. The van der Waals surface area contributed by atoms with Crippen LogP contribution in [0.4, 0.5) is 0 Å². The Morgan fingerprint density at radius 1 is 1.26 bits per heavy atom.